The molecule has 1 aliphatic heterocycles. The quantitative estimate of drug-likeness (QED) is 0.263. The van der Waals surface area contributed by atoms with Crippen LogP contribution < -0.4 is 14.8 Å². The van der Waals surface area contributed by atoms with Crippen molar-refractivity contribution in [3.8, 4) is 11.5 Å². The smallest absolute Gasteiger partial charge is 0.264 e. The first kappa shape index (κ1) is 23.2. The zero-order valence-corrected chi connectivity index (χ0v) is 21.2. The Kier molecular flexibility index (Phi) is 6.88. The van der Waals surface area contributed by atoms with E-state index < -0.39 is 0 Å². The maximum absolute atomic E-state index is 12.8. The molecule has 174 valence electrons. The summed E-state index contributed by atoms with van der Waals surface area (Å²) in [5.41, 5.74) is 2.66. The van der Waals surface area contributed by atoms with Crippen molar-refractivity contribution in [1.82, 2.24) is 5.32 Å². The average molecular weight is 545 g/mol. The number of ether oxygens (including phenoxy) is 2. The van der Waals surface area contributed by atoms with Crippen molar-refractivity contribution in [2.24, 2.45) is 4.99 Å². The number of methoxy groups -OCH3 is 1. The highest BCUT2D eigenvalue weighted by molar-refractivity contribution is 9.10. The minimum atomic E-state index is -0.186. The van der Waals surface area contributed by atoms with E-state index in [0.29, 0.717) is 22.4 Å². The molecule has 5 rings (SSSR count). The number of carbonyl (C=O) groups is 1. The van der Waals surface area contributed by atoms with Gasteiger partial charge < -0.3 is 14.8 Å². The minimum Gasteiger partial charge on any atom is -0.497 e. The second-order valence-electron chi connectivity index (χ2n) is 7.79. The first-order chi connectivity index (χ1) is 17.1. The zero-order chi connectivity index (χ0) is 24.2. The van der Waals surface area contributed by atoms with Crippen molar-refractivity contribution in [2.75, 3.05) is 7.11 Å². The third-order valence-electron chi connectivity index (χ3n) is 5.47. The minimum absolute atomic E-state index is 0.186. The molecular formula is C28H21BrN2O3S. The molecule has 35 heavy (non-hydrogen) atoms. The second-order valence-corrected chi connectivity index (χ2v) is 9.74. The van der Waals surface area contributed by atoms with Gasteiger partial charge in [0.25, 0.3) is 5.91 Å². The van der Waals surface area contributed by atoms with Gasteiger partial charge in [0.05, 0.1) is 17.7 Å². The number of carbonyl (C=O) groups excluding carboxylic acids is 1. The first-order valence-electron chi connectivity index (χ1n) is 10.9. The van der Waals surface area contributed by atoms with Gasteiger partial charge >= 0.3 is 0 Å². The normalized spacial score (nSPS) is 15.5. The van der Waals surface area contributed by atoms with Gasteiger partial charge in [0.1, 0.15) is 18.1 Å². The van der Waals surface area contributed by atoms with Crippen molar-refractivity contribution in [1.29, 1.82) is 0 Å². The summed E-state index contributed by atoms with van der Waals surface area (Å²) in [6, 6.07) is 27.5. The largest absolute Gasteiger partial charge is 0.497 e. The highest BCUT2D eigenvalue weighted by Crippen LogP contribution is 2.35. The van der Waals surface area contributed by atoms with E-state index in [-0.39, 0.29) is 5.91 Å². The number of amides is 1. The summed E-state index contributed by atoms with van der Waals surface area (Å²) in [5, 5.41) is 5.48. The van der Waals surface area contributed by atoms with Crippen molar-refractivity contribution < 1.29 is 14.3 Å². The van der Waals surface area contributed by atoms with Gasteiger partial charge in [0.2, 0.25) is 0 Å². The third kappa shape index (κ3) is 5.42. The molecule has 0 saturated carbocycles. The van der Waals surface area contributed by atoms with Gasteiger partial charge in [-0.05, 0) is 76.6 Å². The van der Waals surface area contributed by atoms with Crippen LogP contribution in [-0.2, 0) is 11.4 Å². The fourth-order valence-corrected chi connectivity index (χ4v) is 4.77. The Morgan fingerprint density at radius 1 is 0.971 bits per heavy atom. The third-order valence-corrected chi connectivity index (χ3v) is 6.91. The Balaban J connectivity index is 1.46. The van der Waals surface area contributed by atoms with Gasteiger partial charge in [-0.3, -0.25) is 4.79 Å². The van der Waals surface area contributed by atoms with Crippen LogP contribution in [0.3, 0.4) is 0 Å². The molecule has 0 unspecified atom stereocenters. The van der Waals surface area contributed by atoms with E-state index in [2.05, 4.69) is 26.2 Å². The standard InChI is InChI=1S/C28H21BrN2O3S/c1-33-22-13-11-21(12-14-22)30-28-31-27(32)26(35-28)16-24-23-5-3-2-4-19(23)8-15-25(24)34-17-18-6-9-20(29)10-7-18/h2-16H,17H2,1H3,(H,30,31,32)/b26-16+. The maximum Gasteiger partial charge on any atom is 0.264 e. The number of halogens is 1. The molecule has 4 aromatic carbocycles. The predicted octanol–water partition coefficient (Wildman–Crippen LogP) is 7.08. The summed E-state index contributed by atoms with van der Waals surface area (Å²) >= 11 is 4.77. The van der Waals surface area contributed by atoms with E-state index in [9.17, 15) is 4.79 Å². The molecule has 1 fully saturated rings. The molecule has 1 heterocycles. The van der Waals surface area contributed by atoms with Crippen LogP contribution in [0.2, 0.25) is 0 Å². The van der Waals surface area contributed by atoms with Crippen LogP contribution in [0, 0.1) is 0 Å². The monoisotopic (exact) mass is 544 g/mol. The predicted molar refractivity (Wildman–Crippen MR) is 146 cm³/mol. The number of amidine groups is 1. The number of hydrogen-bond acceptors (Lipinski definition) is 5. The van der Waals surface area contributed by atoms with Crippen LogP contribution in [0.25, 0.3) is 16.8 Å². The molecule has 1 amide bonds. The fourth-order valence-electron chi connectivity index (χ4n) is 3.68. The molecule has 0 bridgehead atoms. The molecule has 5 nitrogen and oxygen atoms in total. The summed E-state index contributed by atoms with van der Waals surface area (Å²) in [7, 11) is 1.62. The van der Waals surface area contributed by atoms with Crippen molar-refractivity contribution in [2.45, 2.75) is 6.61 Å². The maximum atomic E-state index is 12.8. The zero-order valence-electron chi connectivity index (χ0n) is 18.8. The second kappa shape index (κ2) is 10.4. The van der Waals surface area contributed by atoms with Gasteiger partial charge in [0, 0.05) is 10.0 Å². The van der Waals surface area contributed by atoms with E-state index >= 15 is 0 Å². The number of benzene rings is 4. The van der Waals surface area contributed by atoms with E-state index in [1.54, 1.807) is 7.11 Å². The molecule has 4 aromatic rings. The molecular weight excluding hydrogens is 524 g/mol. The lowest BCUT2D eigenvalue weighted by Gasteiger charge is -2.13. The summed E-state index contributed by atoms with van der Waals surface area (Å²) in [6.45, 7) is 0.422. The fraction of sp³-hybridized carbons (Fsp3) is 0.0714. The molecule has 0 aromatic heterocycles. The highest BCUT2D eigenvalue weighted by Gasteiger charge is 2.25. The Bertz CT molecular complexity index is 1450. The SMILES string of the molecule is COc1ccc(N=C2NC(=O)/C(=C\c3c(OCc4ccc(Br)cc4)ccc4ccccc34)S2)cc1. The molecule has 0 spiro atoms. The van der Waals surface area contributed by atoms with Gasteiger partial charge in [-0.1, -0.05) is 58.4 Å². The molecule has 0 radical (unpaired) electrons. The molecule has 0 atom stereocenters. The van der Waals surface area contributed by atoms with Crippen LogP contribution in [0.15, 0.2) is 99.3 Å². The van der Waals surface area contributed by atoms with Crippen molar-refractivity contribution in [3.63, 3.8) is 0 Å². The summed E-state index contributed by atoms with van der Waals surface area (Å²) < 4.78 is 12.4. The number of fused-ring (bicyclic) bond motifs is 1. The number of rotatable bonds is 6. The van der Waals surface area contributed by atoms with Crippen LogP contribution in [0.5, 0.6) is 11.5 Å². The number of aliphatic imine (C=N–C) groups is 1. The topological polar surface area (TPSA) is 59.9 Å². The molecule has 0 aliphatic carbocycles. The molecule has 7 heteroatoms. The summed E-state index contributed by atoms with van der Waals surface area (Å²) in [4.78, 5) is 17.9. The van der Waals surface area contributed by atoms with Crippen LogP contribution >= 0.6 is 27.7 Å². The average Bonchev–Trinajstić information content (AvgIpc) is 3.23. The van der Waals surface area contributed by atoms with Crippen LogP contribution in [0.4, 0.5) is 5.69 Å². The number of nitrogens with zero attached hydrogens (tertiary/aromatic N) is 1. The molecule has 1 saturated heterocycles. The number of thioether (sulfide) groups is 1. The first-order valence-corrected chi connectivity index (χ1v) is 12.5. The van der Waals surface area contributed by atoms with Gasteiger partial charge in [0.15, 0.2) is 5.17 Å². The lowest BCUT2D eigenvalue weighted by Crippen LogP contribution is -2.19. The van der Waals surface area contributed by atoms with Crippen LogP contribution in [0.1, 0.15) is 11.1 Å². The van der Waals surface area contributed by atoms with Crippen molar-refractivity contribution >= 4 is 61.3 Å². The molecule has 1 aliphatic rings. The van der Waals surface area contributed by atoms with Crippen molar-refractivity contribution in [3.05, 3.63) is 105 Å². The Hall–Kier alpha value is -3.55. The summed E-state index contributed by atoms with van der Waals surface area (Å²) in [6.07, 6.45) is 1.88. The number of hydrogen-bond donors (Lipinski definition) is 1. The van der Waals surface area contributed by atoms with Gasteiger partial charge in [-0.15, -0.1) is 0 Å². The lowest BCUT2D eigenvalue weighted by molar-refractivity contribution is -0.115. The van der Waals surface area contributed by atoms with E-state index in [1.807, 2.05) is 91.0 Å². The number of nitrogens with one attached hydrogen (secondary N) is 1. The van der Waals surface area contributed by atoms with E-state index in [1.165, 1.54) is 11.8 Å². The Morgan fingerprint density at radius 3 is 2.51 bits per heavy atom. The van der Waals surface area contributed by atoms with E-state index in [0.717, 1.165) is 37.8 Å². The Morgan fingerprint density at radius 2 is 1.74 bits per heavy atom. The van der Waals surface area contributed by atoms with Gasteiger partial charge in [-0.2, -0.15) is 0 Å². The highest BCUT2D eigenvalue weighted by atomic mass is 79.9. The van der Waals surface area contributed by atoms with Gasteiger partial charge in [-0.25, -0.2) is 4.99 Å². The van der Waals surface area contributed by atoms with Crippen LogP contribution in [-0.4, -0.2) is 18.2 Å². The van der Waals surface area contributed by atoms with E-state index in [4.69, 9.17) is 9.47 Å². The summed E-state index contributed by atoms with van der Waals surface area (Å²) in [5.74, 6) is 1.28. The Labute approximate surface area is 216 Å². The molecule has 1 N–H and O–H groups in total. The lowest BCUT2D eigenvalue weighted by atomic mass is 10.0.